The summed E-state index contributed by atoms with van der Waals surface area (Å²) in [5.41, 5.74) is 12.0. The Morgan fingerprint density at radius 1 is 1.15 bits per heavy atom. The summed E-state index contributed by atoms with van der Waals surface area (Å²) in [6.45, 7) is 2.69. The predicted octanol–water partition coefficient (Wildman–Crippen LogP) is 4.47. The maximum Gasteiger partial charge on any atom is 0.293 e. The van der Waals surface area contributed by atoms with Crippen molar-refractivity contribution >= 4 is 34.7 Å². The quantitative estimate of drug-likeness (QED) is 0.353. The molecule has 1 fully saturated rings. The number of nitrogens with two attached hydrogens (primary N) is 1. The molecule has 4 aromatic rings. The minimum atomic E-state index is -0.446. The van der Waals surface area contributed by atoms with Crippen LogP contribution in [-0.2, 0) is 16.8 Å². The van der Waals surface area contributed by atoms with Gasteiger partial charge in [0, 0.05) is 18.4 Å². The van der Waals surface area contributed by atoms with Gasteiger partial charge in [-0.05, 0) is 47.1 Å². The number of methoxy groups -OCH3 is 1. The molecule has 2 aromatic heterocycles. The Balaban J connectivity index is 1.53. The van der Waals surface area contributed by atoms with Crippen LogP contribution in [0, 0.1) is 0 Å². The van der Waals surface area contributed by atoms with Crippen molar-refractivity contribution < 1.29 is 14.3 Å². The first-order valence-electron chi connectivity index (χ1n) is 11.1. The van der Waals surface area contributed by atoms with E-state index >= 15 is 0 Å². The molecule has 1 amide bonds. The highest BCUT2D eigenvalue weighted by Crippen LogP contribution is 2.53. The zero-order valence-corrected chi connectivity index (χ0v) is 19.0. The van der Waals surface area contributed by atoms with Crippen LogP contribution in [0.1, 0.15) is 51.9 Å². The van der Waals surface area contributed by atoms with Crippen molar-refractivity contribution in [3.63, 3.8) is 0 Å². The van der Waals surface area contributed by atoms with Crippen molar-refractivity contribution in [2.75, 3.05) is 18.2 Å². The lowest BCUT2D eigenvalue weighted by atomic mass is 9.92. The first-order valence-corrected chi connectivity index (χ1v) is 11.1. The summed E-state index contributed by atoms with van der Waals surface area (Å²) in [7, 11) is 1.63. The van der Waals surface area contributed by atoms with Crippen molar-refractivity contribution in [3.8, 4) is 11.3 Å². The fourth-order valence-electron chi connectivity index (χ4n) is 4.25. The summed E-state index contributed by atoms with van der Waals surface area (Å²) in [5, 5.41) is 3.57. The molecule has 1 aliphatic carbocycles. The number of carbonyl (C=O) groups excluding carboxylic acids is 2. The number of nitrogens with zero attached hydrogens (tertiary/aromatic N) is 2. The van der Waals surface area contributed by atoms with Crippen molar-refractivity contribution in [3.05, 3.63) is 71.0 Å². The Kier molecular flexibility index (Phi) is 5.37. The van der Waals surface area contributed by atoms with Crippen LogP contribution >= 0.6 is 0 Å². The van der Waals surface area contributed by atoms with E-state index in [2.05, 4.69) is 27.2 Å². The second kappa shape index (κ2) is 8.39. The molecule has 2 aromatic carbocycles. The van der Waals surface area contributed by atoms with Crippen LogP contribution in [0.15, 0.2) is 48.5 Å². The molecule has 34 heavy (non-hydrogen) atoms. The summed E-state index contributed by atoms with van der Waals surface area (Å²) >= 11 is 0. The number of ether oxygens (including phenoxy) is 1. The minimum Gasteiger partial charge on any atom is -0.383 e. The SMILES string of the molecule is COCc1ccc(NC(=O)c2nc(N)c3c(C4(C)CC4)c(-c4ccc(C=O)cc4)[nH]c3n2)cc1. The number of nitrogen functional groups attached to an aromatic ring is 1. The van der Waals surface area contributed by atoms with Gasteiger partial charge in [-0.3, -0.25) is 9.59 Å². The number of H-pyrrole nitrogens is 1. The number of hydrogen-bond donors (Lipinski definition) is 3. The van der Waals surface area contributed by atoms with Gasteiger partial charge in [-0.25, -0.2) is 9.97 Å². The van der Waals surface area contributed by atoms with E-state index in [-0.39, 0.29) is 17.1 Å². The van der Waals surface area contributed by atoms with Crippen molar-refractivity contribution in [1.82, 2.24) is 15.0 Å². The molecule has 0 unspecified atom stereocenters. The third kappa shape index (κ3) is 3.92. The molecule has 0 radical (unpaired) electrons. The number of amides is 1. The number of hydrogen-bond acceptors (Lipinski definition) is 6. The lowest BCUT2D eigenvalue weighted by Gasteiger charge is -2.12. The number of aromatic nitrogens is 3. The number of aromatic amines is 1. The molecule has 1 aliphatic rings. The van der Waals surface area contributed by atoms with Crippen molar-refractivity contribution in [2.45, 2.75) is 31.8 Å². The van der Waals surface area contributed by atoms with Gasteiger partial charge in [0.25, 0.3) is 5.91 Å². The third-order valence-corrected chi connectivity index (χ3v) is 6.35. The second-order valence-electron chi connectivity index (χ2n) is 8.92. The smallest absolute Gasteiger partial charge is 0.293 e. The number of benzene rings is 2. The molecule has 0 spiro atoms. The van der Waals surface area contributed by atoms with Gasteiger partial charge in [0.05, 0.1) is 17.7 Å². The molecule has 1 saturated carbocycles. The second-order valence-corrected chi connectivity index (χ2v) is 8.92. The van der Waals surface area contributed by atoms with E-state index in [4.69, 9.17) is 10.5 Å². The van der Waals surface area contributed by atoms with Crippen LogP contribution in [0.2, 0.25) is 0 Å². The summed E-state index contributed by atoms with van der Waals surface area (Å²) in [6.07, 6.45) is 2.87. The normalized spacial score (nSPS) is 14.2. The number of nitrogens with one attached hydrogen (secondary N) is 2. The number of anilines is 2. The van der Waals surface area contributed by atoms with Gasteiger partial charge >= 0.3 is 0 Å². The predicted molar refractivity (Wildman–Crippen MR) is 131 cm³/mol. The van der Waals surface area contributed by atoms with Crippen molar-refractivity contribution in [2.24, 2.45) is 0 Å². The Labute approximate surface area is 196 Å². The highest BCUT2D eigenvalue weighted by molar-refractivity contribution is 6.05. The fraction of sp³-hybridized carbons (Fsp3) is 0.231. The summed E-state index contributed by atoms with van der Waals surface area (Å²) < 4.78 is 5.12. The number of fused-ring (bicyclic) bond motifs is 1. The number of aldehydes is 1. The highest BCUT2D eigenvalue weighted by Gasteiger charge is 2.44. The van der Waals surface area contributed by atoms with Gasteiger partial charge in [0.15, 0.2) is 0 Å². The van der Waals surface area contributed by atoms with E-state index in [0.717, 1.165) is 46.9 Å². The summed E-state index contributed by atoms with van der Waals surface area (Å²) in [4.78, 5) is 36.2. The average molecular weight is 456 g/mol. The molecule has 5 rings (SSSR count). The largest absolute Gasteiger partial charge is 0.383 e. The number of rotatable bonds is 7. The van der Waals surface area contributed by atoms with Crippen LogP contribution < -0.4 is 11.1 Å². The van der Waals surface area contributed by atoms with E-state index in [1.807, 2.05) is 24.3 Å². The summed E-state index contributed by atoms with van der Waals surface area (Å²) in [6, 6.07) is 14.7. The van der Waals surface area contributed by atoms with Crippen LogP contribution in [-0.4, -0.2) is 34.3 Å². The number of carbonyl (C=O) groups is 2. The molecule has 0 saturated heterocycles. The zero-order chi connectivity index (χ0) is 23.9. The van der Waals surface area contributed by atoms with Gasteiger partial charge in [-0.2, -0.15) is 0 Å². The molecular weight excluding hydrogens is 430 g/mol. The minimum absolute atomic E-state index is 0.0115. The zero-order valence-electron chi connectivity index (χ0n) is 19.0. The molecule has 0 atom stereocenters. The molecular formula is C26H25N5O3. The van der Waals surface area contributed by atoms with E-state index in [9.17, 15) is 9.59 Å². The van der Waals surface area contributed by atoms with Crippen molar-refractivity contribution in [1.29, 1.82) is 0 Å². The Hall–Kier alpha value is -4.04. The molecule has 8 heteroatoms. The van der Waals surface area contributed by atoms with E-state index < -0.39 is 5.91 Å². The van der Waals surface area contributed by atoms with Crippen LogP contribution in [0.5, 0.6) is 0 Å². The summed E-state index contributed by atoms with van der Waals surface area (Å²) in [5.74, 6) is -0.193. The average Bonchev–Trinajstić information content (AvgIpc) is 3.45. The van der Waals surface area contributed by atoms with Crippen LogP contribution in [0.3, 0.4) is 0 Å². The van der Waals surface area contributed by atoms with Crippen LogP contribution in [0.25, 0.3) is 22.3 Å². The molecule has 4 N–H and O–H groups in total. The third-order valence-electron chi connectivity index (χ3n) is 6.35. The monoisotopic (exact) mass is 455 g/mol. The van der Waals surface area contributed by atoms with Gasteiger partial charge in [0.2, 0.25) is 5.82 Å². The highest BCUT2D eigenvalue weighted by atomic mass is 16.5. The van der Waals surface area contributed by atoms with Gasteiger partial charge in [0.1, 0.15) is 17.8 Å². The lowest BCUT2D eigenvalue weighted by molar-refractivity contribution is 0.101. The maximum absolute atomic E-state index is 12.9. The van der Waals surface area contributed by atoms with Gasteiger partial charge in [-0.1, -0.05) is 43.3 Å². The van der Waals surface area contributed by atoms with E-state index in [1.165, 1.54) is 0 Å². The van der Waals surface area contributed by atoms with E-state index in [1.54, 1.807) is 31.4 Å². The molecule has 8 nitrogen and oxygen atoms in total. The molecule has 172 valence electrons. The molecule has 0 bridgehead atoms. The standard InChI is InChI=1S/C26H25N5O3/c1-26(11-12-26)20-19-22(27)30-24(25(33)28-18-9-5-16(6-10-18)14-34-2)31-23(19)29-21(20)17-7-3-15(13-32)4-8-17/h3-10,13H,11-12,14H2,1-2H3,(H,28,33)(H3,27,29,30,31). The fourth-order valence-corrected chi connectivity index (χ4v) is 4.25. The van der Waals surface area contributed by atoms with Gasteiger partial charge < -0.3 is 20.8 Å². The Bertz CT molecular complexity index is 1390. The molecule has 2 heterocycles. The Morgan fingerprint density at radius 3 is 2.47 bits per heavy atom. The maximum atomic E-state index is 12.9. The Morgan fingerprint density at radius 2 is 1.85 bits per heavy atom. The van der Waals surface area contributed by atoms with Crippen LogP contribution in [0.4, 0.5) is 11.5 Å². The molecule has 0 aliphatic heterocycles. The first-order chi connectivity index (χ1) is 16.4. The van der Waals surface area contributed by atoms with E-state index in [0.29, 0.717) is 23.5 Å². The first kappa shape index (κ1) is 21.8. The lowest BCUT2D eigenvalue weighted by Crippen LogP contribution is -2.17. The van der Waals surface area contributed by atoms with Gasteiger partial charge in [-0.15, -0.1) is 0 Å². The topological polar surface area (TPSA) is 123 Å².